The molecule has 0 saturated carbocycles. The summed E-state index contributed by atoms with van der Waals surface area (Å²) in [5.74, 6) is 0.293. The van der Waals surface area contributed by atoms with Crippen LogP contribution in [-0.2, 0) is 0 Å². The van der Waals surface area contributed by atoms with Crippen LogP contribution in [0.5, 0.6) is 0 Å². The van der Waals surface area contributed by atoms with Crippen LogP contribution in [0.1, 0.15) is 46.3 Å². The molecule has 0 radical (unpaired) electrons. The van der Waals surface area contributed by atoms with Gasteiger partial charge in [-0.05, 0) is 42.5 Å². The number of alkyl halides is 1. The van der Waals surface area contributed by atoms with Gasteiger partial charge in [-0.2, -0.15) is 0 Å². The number of aryl methyl sites for hydroxylation is 2. The van der Waals surface area contributed by atoms with Gasteiger partial charge in [-0.1, -0.05) is 65.3 Å². The zero-order valence-corrected chi connectivity index (χ0v) is 13.7. The molecule has 20 heavy (non-hydrogen) atoms. The maximum Gasteiger partial charge on any atom is 0.129 e. The Morgan fingerprint density at radius 2 is 1.55 bits per heavy atom. The van der Waals surface area contributed by atoms with E-state index in [2.05, 4.69) is 47.1 Å². The summed E-state index contributed by atoms with van der Waals surface area (Å²) in [6.45, 7) is 5.85. The van der Waals surface area contributed by atoms with Crippen molar-refractivity contribution < 1.29 is 4.39 Å². The minimum atomic E-state index is -0.0961. The van der Waals surface area contributed by atoms with Crippen molar-refractivity contribution in [2.24, 2.45) is 0 Å². The Morgan fingerprint density at radius 3 is 2.05 bits per heavy atom. The van der Waals surface area contributed by atoms with E-state index < -0.39 is 0 Å². The van der Waals surface area contributed by atoms with E-state index in [4.69, 9.17) is 0 Å². The van der Waals surface area contributed by atoms with Crippen molar-refractivity contribution in [1.29, 1.82) is 0 Å². The molecular formula is C18H20BrF. The largest absolute Gasteiger partial charge is 0.206 e. The lowest BCUT2D eigenvalue weighted by molar-refractivity contribution is 0.604. The molecule has 106 valence electrons. The van der Waals surface area contributed by atoms with Crippen LogP contribution < -0.4 is 0 Å². The first kappa shape index (κ1) is 15.2. The fraction of sp³-hybridized carbons (Fsp3) is 0.333. The molecule has 0 amide bonds. The summed E-state index contributed by atoms with van der Waals surface area (Å²) in [4.78, 5) is 0.202. The van der Waals surface area contributed by atoms with Gasteiger partial charge in [0.2, 0.25) is 0 Å². The fourth-order valence-corrected chi connectivity index (χ4v) is 3.63. The molecule has 2 rings (SSSR count). The van der Waals surface area contributed by atoms with Crippen LogP contribution in [0.3, 0.4) is 0 Å². The maximum atomic E-state index is 13.8. The summed E-state index contributed by atoms with van der Waals surface area (Å²) in [5.41, 5.74) is 3.90. The van der Waals surface area contributed by atoms with E-state index in [1.54, 1.807) is 0 Å². The standard InChI is InChI=1S/C18H20BrF/c1-4-16(14-8-6-5-7-9-14)17(19)15-10-12(2)18(20)13(3)11-15/h5-11,16-17H,4H2,1-3H3. The highest BCUT2D eigenvalue weighted by Crippen LogP contribution is 2.40. The van der Waals surface area contributed by atoms with E-state index in [9.17, 15) is 4.39 Å². The van der Waals surface area contributed by atoms with Crippen molar-refractivity contribution in [2.75, 3.05) is 0 Å². The molecule has 0 aromatic heterocycles. The molecule has 2 unspecified atom stereocenters. The van der Waals surface area contributed by atoms with Crippen molar-refractivity contribution >= 4 is 15.9 Å². The Balaban J connectivity index is 2.36. The van der Waals surface area contributed by atoms with E-state index in [0.29, 0.717) is 17.0 Å². The second-order valence-electron chi connectivity index (χ2n) is 5.30. The third-order valence-electron chi connectivity index (χ3n) is 3.80. The van der Waals surface area contributed by atoms with Gasteiger partial charge in [0.05, 0.1) is 0 Å². The molecule has 0 heterocycles. The van der Waals surface area contributed by atoms with Gasteiger partial charge in [-0.25, -0.2) is 4.39 Å². The SMILES string of the molecule is CCC(c1ccccc1)C(Br)c1cc(C)c(F)c(C)c1. The summed E-state index contributed by atoms with van der Waals surface area (Å²) >= 11 is 3.82. The summed E-state index contributed by atoms with van der Waals surface area (Å²) in [6.07, 6.45) is 1.04. The van der Waals surface area contributed by atoms with Gasteiger partial charge in [0.25, 0.3) is 0 Å². The van der Waals surface area contributed by atoms with Crippen molar-refractivity contribution in [3.63, 3.8) is 0 Å². The number of hydrogen-bond acceptors (Lipinski definition) is 0. The van der Waals surface area contributed by atoms with Gasteiger partial charge in [0.15, 0.2) is 0 Å². The van der Waals surface area contributed by atoms with Crippen LogP contribution in [0, 0.1) is 19.7 Å². The van der Waals surface area contributed by atoms with Crippen LogP contribution in [-0.4, -0.2) is 0 Å². The minimum Gasteiger partial charge on any atom is -0.206 e. The maximum absolute atomic E-state index is 13.8. The first-order valence-corrected chi connectivity index (χ1v) is 7.91. The van der Waals surface area contributed by atoms with Crippen molar-refractivity contribution in [3.8, 4) is 0 Å². The van der Waals surface area contributed by atoms with E-state index >= 15 is 0 Å². The van der Waals surface area contributed by atoms with Crippen molar-refractivity contribution in [1.82, 2.24) is 0 Å². The molecule has 0 nitrogen and oxygen atoms in total. The third-order valence-corrected chi connectivity index (χ3v) is 4.96. The smallest absolute Gasteiger partial charge is 0.129 e. The van der Waals surface area contributed by atoms with Gasteiger partial charge in [-0.3, -0.25) is 0 Å². The van der Waals surface area contributed by atoms with Gasteiger partial charge < -0.3 is 0 Å². The molecule has 0 fully saturated rings. The average molecular weight is 335 g/mol. The first-order valence-electron chi connectivity index (χ1n) is 7.00. The molecule has 2 atom stereocenters. The lowest BCUT2D eigenvalue weighted by Gasteiger charge is -2.23. The van der Waals surface area contributed by atoms with Crippen LogP contribution in [0.25, 0.3) is 0 Å². The number of rotatable bonds is 4. The van der Waals surface area contributed by atoms with E-state index in [1.807, 2.05) is 32.0 Å². The summed E-state index contributed by atoms with van der Waals surface area (Å²) in [5, 5.41) is 0. The molecule has 2 heteroatoms. The molecule has 0 aliphatic carbocycles. The lowest BCUT2D eigenvalue weighted by Crippen LogP contribution is -2.06. The first-order chi connectivity index (χ1) is 9.54. The van der Waals surface area contributed by atoms with Crippen LogP contribution in [0.2, 0.25) is 0 Å². The minimum absolute atomic E-state index is 0.0961. The number of benzene rings is 2. The predicted octanol–water partition coefficient (Wildman–Crippen LogP) is 6.07. The molecule has 0 aliphatic heterocycles. The fourth-order valence-electron chi connectivity index (χ4n) is 2.68. The normalized spacial score (nSPS) is 14.1. The highest BCUT2D eigenvalue weighted by atomic mass is 79.9. The second-order valence-corrected chi connectivity index (χ2v) is 6.28. The number of halogens is 2. The highest BCUT2D eigenvalue weighted by molar-refractivity contribution is 9.09. The summed E-state index contributed by atoms with van der Waals surface area (Å²) in [7, 11) is 0. The van der Waals surface area contributed by atoms with E-state index in [1.165, 1.54) is 5.56 Å². The summed E-state index contributed by atoms with van der Waals surface area (Å²) in [6, 6.07) is 14.4. The van der Waals surface area contributed by atoms with Gasteiger partial charge in [-0.15, -0.1) is 0 Å². The molecule has 0 aliphatic rings. The molecule has 2 aromatic carbocycles. The zero-order chi connectivity index (χ0) is 14.7. The van der Waals surface area contributed by atoms with Crippen molar-refractivity contribution in [2.45, 2.75) is 37.9 Å². The number of hydrogen-bond donors (Lipinski definition) is 0. The zero-order valence-electron chi connectivity index (χ0n) is 12.2. The monoisotopic (exact) mass is 334 g/mol. The topological polar surface area (TPSA) is 0 Å². The molecule has 0 bridgehead atoms. The van der Waals surface area contributed by atoms with E-state index in [-0.39, 0.29) is 10.6 Å². The molecule has 0 N–H and O–H groups in total. The Morgan fingerprint density at radius 1 is 1.00 bits per heavy atom. The second kappa shape index (κ2) is 6.53. The summed E-state index contributed by atoms with van der Waals surface area (Å²) < 4.78 is 13.8. The van der Waals surface area contributed by atoms with Crippen LogP contribution in [0.4, 0.5) is 4.39 Å². The van der Waals surface area contributed by atoms with Crippen molar-refractivity contribution in [3.05, 3.63) is 70.5 Å². The molecule has 0 saturated heterocycles. The molecule has 2 aromatic rings. The Labute approximate surface area is 129 Å². The van der Waals surface area contributed by atoms with E-state index in [0.717, 1.165) is 12.0 Å². The van der Waals surface area contributed by atoms with Gasteiger partial charge >= 0.3 is 0 Å². The highest BCUT2D eigenvalue weighted by Gasteiger charge is 2.21. The molecule has 0 spiro atoms. The average Bonchev–Trinajstić information content (AvgIpc) is 2.46. The molecular weight excluding hydrogens is 315 g/mol. The quantitative estimate of drug-likeness (QED) is 0.595. The van der Waals surface area contributed by atoms with Crippen LogP contribution in [0.15, 0.2) is 42.5 Å². The van der Waals surface area contributed by atoms with Gasteiger partial charge in [0.1, 0.15) is 5.82 Å². The third kappa shape index (κ3) is 3.12. The Bertz CT molecular complexity index is 554. The predicted molar refractivity (Wildman–Crippen MR) is 87.0 cm³/mol. The Hall–Kier alpha value is -1.15. The van der Waals surface area contributed by atoms with Gasteiger partial charge in [0, 0.05) is 10.7 Å². The van der Waals surface area contributed by atoms with Crippen LogP contribution >= 0.6 is 15.9 Å². The lowest BCUT2D eigenvalue weighted by atomic mass is 9.88. The Kier molecular flexibility index (Phi) is 4.98.